The first-order valence-electron chi connectivity index (χ1n) is 13.4. The molecule has 0 bridgehead atoms. The predicted molar refractivity (Wildman–Crippen MR) is 167 cm³/mol. The molecule has 5 rings (SSSR count). The van der Waals surface area contributed by atoms with Gasteiger partial charge < -0.3 is 25.2 Å². The third kappa shape index (κ3) is 6.38. The highest BCUT2D eigenvalue weighted by Gasteiger charge is 2.37. The lowest BCUT2D eigenvalue weighted by molar-refractivity contribution is 0.0945. The Morgan fingerprint density at radius 2 is 1.62 bits per heavy atom. The van der Waals surface area contributed by atoms with E-state index in [0.717, 1.165) is 24.5 Å². The number of hydrogen-bond acceptors (Lipinski definition) is 7. The molecule has 3 heterocycles. The van der Waals surface area contributed by atoms with Crippen LogP contribution in [0.2, 0.25) is 10.0 Å². The number of aromatic nitrogens is 2. The number of methoxy groups -OCH3 is 1. The predicted octanol–water partition coefficient (Wildman–Crippen LogP) is 6.96. The van der Waals surface area contributed by atoms with Crippen molar-refractivity contribution < 1.29 is 4.74 Å². The number of piperidine rings is 2. The number of para-hydroxylation sites is 1. The fourth-order valence-corrected chi connectivity index (χ4v) is 7.02. The van der Waals surface area contributed by atoms with Crippen LogP contribution in [0.1, 0.15) is 25.7 Å². The van der Waals surface area contributed by atoms with E-state index in [1.807, 2.05) is 30.3 Å². The van der Waals surface area contributed by atoms with Crippen LogP contribution in [0.25, 0.3) is 0 Å². The van der Waals surface area contributed by atoms with Crippen LogP contribution >= 0.6 is 31.1 Å². The van der Waals surface area contributed by atoms with Gasteiger partial charge in [-0.3, -0.25) is 0 Å². The molecule has 0 unspecified atom stereocenters. The van der Waals surface area contributed by atoms with Crippen LogP contribution < -0.4 is 25.6 Å². The molecular formula is C29H37Cl2N6OP. The average molecular weight is 588 g/mol. The van der Waals surface area contributed by atoms with Crippen molar-refractivity contribution in [1.29, 1.82) is 0 Å². The molecule has 39 heavy (non-hydrogen) atoms. The molecule has 0 amide bonds. The van der Waals surface area contributed by atoms with Gasteiger partial charge in [-0.2, -0.15) is 4.98 Å². The molecule has 0 radical (unpaired) electrons. The third-order valence-electron chi connectivity index (χ3n) is 8.11. The Hall–Kier alpha value is -2.31. The molecule has 0 saturated carbocycles. The highest BCUT2D eigenvalue weighted by molar-refractivity contribution is 7.64. The van der Waals surface area contributed by atoms with E-state index >= 15 is 0 Å². The lowest BCUT2D eigenvalue weighted by atomic mass is 9.71. The average Bonchev–Trinajstić information content (AvgIpc) is 2.93. The van der Waals surface area contributed by atoms with Crippen molar-refractivity contribution in [2.24, 2.45) is 5.41 Å². The lowest BCUT2D eigenvalue weighted by Crippen LogP contribution is -2.46. The maximum absolute atomic E-state index is 6.85. The summed E-state index contributed by atoms with van der Waals surface area (Å²) < 4.78 is 5.77. The second-order valence-electron chi connectivity index (χ2n) is 10.8. The molecule has 2 aliphatic heterocycles. The Morgan fingerprint density at radius 1 is 0.923 bits per heavy atom. The Labute approximate surface area is 243 Å². The second-order valence-corrected chi connectivity index (χ2v) is 13.9. The third-order valence-corrected chi connectivity index (χ3v) is 10.0. The Morgan fingerprint density at radius 3 is 2.31 bits per heavy atom. The van der Waals surface area contributed by atoms with Gasteiger partial charge in [-0.25, -0.2) is 4.98 Å². The Bertz CT molecular complexity index is 1300. The van der Waals surface area contributed by atoms with E-state index in [4.69, 9.17) is 27.9 Å². The number of anilines is 5. The lowest BCUT2D eigenvalue weighted by Gasteiger charge is -2.47. The first kappa shape index (κ1) is 28.2. The van der Waals surface area contributed by atoms with E-state index in [0.29, 0.717) is 38.7 Å². The topological polar surface area (TPSA) is 65.6 Å². The summed E-state index contributed by atoms with van der Waals surface area (Å²) in [6.07, 6.45) is 6.58. The Kier molecular flexibility index (Phi) is 8.72. The van der Waals surface area contributed by atoms with Crippen LogP contribution in [0.3, 0.4) is 0 Å². The zero-order chi connectivity index (χ0) is 27.6. The van der Waals surface area contributed by atoms with Crippen molar-refractivity contribution in [2.45, 2.75) is 25.7 Å². The van der Waals surface area contributed by atoms with Crippen LogP contribution in [-0.4, -0.2) is 68.5 Å². The number of ether oxygens (including phenoxy) is 1. The molecular weight excluding hydrogens is 550 g/mol. The number of nitrogens with one attached hydrogen (secondary N) is 2. The second kappa shape index (κ2) is 12.1. The number of benzene rings is 2. The summed E-state index contributed by atoms with van der Waals surface area (Å²) in [7, 11) is 3.60. The zero-order valence-electron chi connectivity index (χ0n) is 23.1. The molecule has 1 aromatic heterocycles. The molecule has 1 spiro atoms. The van der Waals surface area contributed by atoms with Gasteiger partial charge in [-0.1, -0.05) is 49.3 Å². The van der Waals surface area contributed by atoms with Crippen molar-refractivity contribution in [3.05, 3.63) is 52.6 Å². The van der Waals surface area contributed by atoms with Crippen molar-refractivity contribution >= 4 is 65.3 Å². The maximum Gasteiger partial charge on any atom is 0.229 e. The van der Waals surface area contributed by atoms with E-state index < -0.39 is 0 Å². The Balaban J connectivity index is 1.33. The fourth-order valence-electron chi connectivity index (χ4n) is 5.60. The normalized spacial score (nSPS) is 17.5. The minimum atomic E-state index is -0.298. The van der Waals surface area contributed by atoms with Gasteiger partial charge in [-0.05, 0) is 82.0 Å². The monoisotopic (exact) mass is 586 g/mol. The number of halogens is 2. The summed E-state index contributed by atoms with van der Waals surface area (Å²) >= 11 is 13.3. The van der Waals surface area contributed by atoms with Crippen LogP contribution in [0.4, 0.5) is 28.8 Å². The van der Waals surface area contributed by atoms with Gasteiger partial charge in [0.25, 0.3) is 0 Å². The molecule has 3 aromatic rings. The molecule has 0 aliphatic carbocycles. The summed E-state index contributed by atoms with van der Waals surface area (Å²) in [4.78, 5) is 13.9. The van der Waals surface area contributed by atoms with E-state index in [-0.39, 0.29) is 7.92 Å². The van der Waals surface area contributed by atoms with Gasteiger partial charge in [-0.15, -0.1) is 0 Å². The summed E-state index contributed by atoms with van der Waals surface area (Å²) in [5.41, 5.74) is 3.19. The number of likely N-dealkylation sites (tertiary alicyclic amines) is 1. The number of rotatable bonds is 7. The summed E-state index contributed by atoms with van der Waals surface area (Å²) in [5, 5.41) is 9.05. The van der Waals surface area contributed by atoms with E-state index in [1.54, 1.807) is 13.3 Å². The summed E-state index contributed by atoms with van der Waals surface area (Å²) in [6.45, 7) is 8.86. The first-order chi connectivity index (χ1) is 18.8. The van der Waals surface area contributed by atoms with E-state index in [1.165, 1.54) is 44.1 Å². The van der Waals surface area contributed by atoms with Crippen molar-refractivity contribution in [1.82, 2.24) is 14.9 Å². The summed E-state index contributed by atoms with van der Waals surface area (Å²) in [6, 6.07) is 12.1. The van der Waals surface area contributed by atoms with Crippen molar-refractivity contribution in [2.75, 3.05) is 69.2 Å². The molecule has 2 aromatic carbocycles. The standard InChI is InChI=1S/C29H37Cl2N6OP/c1-36-13-9-29(10-14-36)11-15-37(16-12-29)24-18-25(38-2)23(17-20(24)30)34-28-32-19-21(31)27(35-28)33-22-7-5-6-8-26(22)39(3)4/h5-8,17-19H,9-16H2,1-4H3,(H2,32,33,34,35). The van der Waals surface area contributed by atoms with Crippen LogP contribution in [0, 0.1) is 5.41 Å². The summed E-state index contributed by atoms with van der Waals surface area (Å²) in [5.74, 6) is 1.63. The van der Waals surface area contributed by atoms with Crippen LogP contribution in [0.15, 0.2) is 42.6 Å². The van der Waals surface area contributed by atoms with Gasteiger partial charge in [0.1, 0.15) is 10.8 Å². The highest BCUT2D eigenvalue weighted by Crippen LogP contribution is 2.44. The first-order valence-corrected chi connectivity index (χ1v) is 16.4. The minimum Gasteiger partial charge on any atom is -0.494 e. The molecule has 10 heteroatoms. The number of nitrogens with zero attached hydrogens (tertiary/aromatic N) is 4. The quantitative estimate of drug-likeness (QED) is 0.290. The van der Waals surface area contributed by atoms with Gasteiger partial charge in [0.2, 0.25) is 5.95 Å². The van der Waals surface area contributed by atoms with Crippen LogP contribution in [0.5, 0.6) is 5.75 Å². The molecule has 208 valence electrons. The van der Waals surface area contributed by atoms with Crippen molar-refractivity contribution in [3.63, 3.8) is 0 Å². The largest absolute Gasteiger partial charge is 0.494 e. The fraction of sp³-hybridized carbons (Fsp3) is 0.448. The van der Waals surface area contributed by atoms with Gasteiger partial charge in [0.05, 0.1) is 29.7 Å². The highest BCUT2D eigenvalue weighted by atomic mass is 35.5. The van der Waals surface area contributed by atoms with Gasteiger partial charge in [0, 0.05) is 24.8 Å². The minimum absolute atomic E-state index is 0.298. The molecule has 2 saturated heterocycles. The van der Waals surface area contributed by atoms with E-state index in [2.05, 4.69) is 56.8 Å². The molecule has 2 N–H and O–H groups in total. The molecule has 0 atom stereocenters. The maximum atomic E-state index is 6.85. The van der Waals surface area contributed by atoms with Gasteiger partial charge in [0.15, 0.2) is 5.82 Å². The zero-order valence-corrected chi connectivity index (χ0v) is 25.5. The van der Waals surface area contributed by atoms with Crippen molar-refractivity contribution in [3.8, 4) is 5.75 Å². The van der Waals surface area contributed by atoms with E-state index in [9.17, 15) is 0 Å². The SMILES string of the molecule is COc1cc(N2CCC3(CCN(C)CC3)CC2)c(Cl)cc1Nc1ncc(Cl)c(Nc2ccccc2P(C)C)n1. The molecule has 7 nitrogen and oxygen atoms in total. The molecule has 2 fully saturated rings. The smallest absolute Gasteiger partial charge is 0.229 e. The number of hydrogen-bond donors (Lipinski definition) is 2. The van der Waals surface area contributed by atoms with Gasteiger partial charge >= 0.3 is 0 Å². The van der Waals surface area contributed by atoms with Crippen LogP contribution in [-0.2, 0) is 0 Å². The molecule has 2 aliphatic rings.